The lowest BCUT2D eigenvalue weighted by Gasteiger charge is -2.31. The van der Waals surface area contributed by atoms with Crippen LogP contribution in [0.1, 0.15) is 51.6 Å². The number of phenolic OH excluding ortho intramolecular Hbond substituents is 1. The van der Waals surface area contributed by atoms with Crippen molar-refractivity contribution in [2.45, 2.75) is 51.6 Å². The first-order valence-electron chi connectivity index (χ1n) is 6.73. The average molecular weight is 265 g/mol. The summed E-state index contributed by atoms with van der Waals surface area (Å²) in [7, 11) is 0. The van der Waals surface area contributed by atoms with Crippen molar-refractivity contribution in [3.05, 3.63) is 29.8 Å². The molecule has 1 aromatic carbocycles. The smallest absolute Gasteiger partial charge is 0.323 e. The molecule has 0 bridgehead atoms. The van der Waals surface area contributed by atoms with E-state index in [4.69, 9.17) is 0 Å². The molecule has 4 nitrogen and oxygen atoms in total. The molecular formula is C15H23NO3. The predicted octanol–water partition coefficient (Wildman–Crippen LogP) is 3.08. The molecule has 0 amide bonds. The Morgan fingerprint density at radius 3 is 2.47 bits per heavy atom. The van der Waals surface area contributed by atoms with Crippen LogP contribution in [0.2, 0.25) is 0 Å². The van der Waals surface area contributed by atoms with E-state index in [-0.39, 0.29) is 11.8 Å². The molecule has 0 saturated carbocycles. The van der Waals surface area contributed by atoms with Gasteiger partial charge >= 0.3 is 5.97 Å². The number of phenols is 1. The van der Waals surface area contributed by atoms with Crippen LogP contribution >= 0.6 is 0 Å². The second kappa shape index (κ2) is 6.57. The first-order chi connectivity index (χ1) is 8.94. The van der Waals surface area contributed by atoms with Crippen LogP contribution in [0, 0.1) is 0 Å². The lowest BCUT2D eigenvalue weighted by atomic mass is 9.92. The molecule has 0 aliphatic heterocycles. The molecule has 1 rings (SSSR count). The van der Waals surface area contributed by atoms with E-state index >= 15 is 0 Å². The quantitative estimate of drug-likeness (QED) is 0.708. The summed E-state index contributed by atoms with van der Waals surface area (Å²) in [5.74, 6) is -0.658. The van der Waals surface area contributed by atoms with Crippen LogP contribution in [-0.2, 0) is 4.79 Å². The van der Waals surface area contributed by atoms with Gasteiger partial charge < -0.3 is 10.2 Å². The van der Waals surface area contributed by atoms with Crippen molar-refractivity contribution in [1.82, 2.24) is 5.32 Å². The molecule has 0 spiro atoms. The number of benzene rings is 1. The lowest BCUT2D eigenvalue weighted by Crippen LogP contribution is -2.50. The largest absolute Gasteiger partial charge is 0.508 e. The van der Waals surface area contributed by atoms with Gasteiger partial charge in [0.25, 0.3) is 0 Å². The number of aromatic hydroxyl groups is 1. The molecule has 0 aliphatic carbocycles. The van der Waals surface area contributed by atoms with Gasteiger partial charge in [0.05, 0.1) is 0 Å². The van der Waals surface area contributed by atoms with Crippen molar-refractivity contribution in [2.24, 2.45) is 0 Å². The fourth-order valence-electron chi connectivity index (χ4n) is 2.31. The van der Waals surface area contributed by atoms with Gasteiger partial charge in [-0.1, -0.05) is 38.5 Å². The number of para-hydroxylation sites is 1. The van der Waals surface area contributed by atoms with Gasteiger partial charge in [-0.2, -0.15) is 0 Å². The molecule has 0 heterocycles. The Hall–Kier alpha value is -1.55. The summed E-state index contributed by atoms with van der Waals surface area (Å²) in [5, 5.41) is 22.5. The van der Waals surface area contributed by atoms with Gasteiger partial charge in [-0.05, 0) is 25.8 Å². The fraction of sp³-hybridized carbons (Fsp3) is 0.533. The highest BCUT2D eigenvalue weighted by Gasteiger charge is 2.34. The van der Waals surface area contributed by atoms with Crippen LogP contribution in [0.5, 0.6) is 5.75 Å². The number of nitrogens with one attached hydrogen (secondary N) is 1. The van der Waals surface area contributed by atoms with Crippen LogP contribution in [0.15, 0.2) is 24.3 Å². The SMILES string of the molecule is CCCC(C)(NC(CC)c1ccccc1O)C(=O)O. The molecule has 19 heavy (non-hydrogen) atoms. The minimum absolute atomic E-state index is 0.172. The van der Waals surface area contributed by atoms with Crippen molar-refractivity contribution in [3.63, 3.8) is 0 Å². The van der Waals surface area contributed by atoms with E-state index in [1.54, 1.807) is 19.1 Å². The van der Waals surface area contributed by atoms with Crippen LogP contribution in [0.3, 0.4) is 0 Å². The van der Waals surface area contributed by atoms with Crippen molar-refractivity contribution in [2.75, 3.05) is 0 Å². The second-order valence-electron chi connectivity index (χ2n) is 5.05. The highest BCUT2D eigenvalue weighted by atomic mass is 16.4. The fourth-order valence-corrected chi connectivity index (χ4v) is 2.31. The lowest BCUT2D eigenvalue weighted by molar-refractivity contribution is -0.145. The summed E-state index contributed by atoms with van der Waals surface area (Å²) < 4.78 is 0. The summed E-state index contributed by atoms with van der Waals surface area (Å²) >= 11 is 0. The van der Waals surface area contributed by atoms with E-state index < -0.39 is 11.5 Å². The molecule has 0 radical (unpaired) electrons. The third-order valence-electron chi connectivity index (χ3n) is 3.44. The van der Waals surface area contributed by atoms with E-state index in [0.29, 0.717) is 12.8 Å². The molecule has 3 N–H and O–H groups in total. The highest BCUT2D eigenvalue weighted by Crippen LogP contribution is 2.29. The molecule has 1 aromatic rings. The van der Waals surface area contributed by atoms with Gasteiger partial charge in [-0.25, -0.2) is 0 Å². The predicted molar refractivity (Wildman–Crippen MR) is 75.2 cm³/mol. The molecule has 4 heteroatoms. The Bertz CT molecular complexity index is 433. The van der Waals surface area contributed by atoms with Gasteiger partial charge in [-0.3, -0.25) is 10.1 Å². The van der Waals surface area contributed by atoms with Crippen LogP contribution in [-0.4, -0.2) is 21.7 Å². The minimum Gasteiger partial charge on any atom is -0.508 e. The van der Waals surface area contributed by atoms with Crippen LogP contribution < -0.4 is 5.32 Å². The number of carboxylic acids is 1. The Labute approximate surface area is 114 Å². The summed E-state index contributed by atoms with van der Waals surface area (Å²) in [5.41, 5.74) is -0.230. The van der Waals surface area contributed by atoms with E-state index in [0.717, 1.165) is 12.0 Å². The first kappa shape index (κ1) is 15.5. The van der Waals surface area contributed by atoms with E-state index in [2.05, 4.69) is 5.32 Å². The molecule has 2 unspecified atom stereocenters. The van der Waals surface area contributed by atoms with Gasteiger partial charge in [-0.15, -0.1) is 0 Å². The summed E-state index contributed by atoms with van der Waals surface area (Å²) in [4.78, 5) is 11.5. The number of hydrogen-bond donors (Lipinski definition) is 3. The van der Waals surface area contributed by atoms with E-state index in [1.165, 1.54) is 0 Å². The number of carboxylic acid groups (broad SMARTS) is 1. The topological polar surface area (TPSA) is 69.6 Å². The van der Waals surface area contributed by atoms with Gasteiger partial charge in [0, 0.05) is 11.6 Å². The third-order valence-corrected chi connectivity index (χ3v) is 3.44. The van der Waals surface area contributed by atoms with E-state index in [9.17, 15) is 15.0 Å². The molecule has 0 aromatic heterocycles. The minimum atomic E-state index is -0.974. The van der Waals surface area contributed by atoms with Gasteiger partial charge in [0.1, 0.15) is 11.3 Å². The molecule has 0 aliphatic rings. The molecule has 106 valence electrons. The number of hydrogen-bond acceptors (Lipinski definition) is 3. The Morgan fingerprint density at radius 1 is 1.37 bits per heavy atom. The standard InChI is InChI=1S/C15H23NO3/c1-4-10-15(3,14(18)19)16-12(5-2)11-8-6-7-9-13(11)17/h6-9,12,16-17H,4-5,10H2,1-3H3,(H,18,19). The van der Waals surface area contributed by atoms with Crippen LogP contribution in [0.25, 0.3) is 0 Å². The highest BCUT2D eigenvalue weighted by molar-refractivity contribution is 5.78. The third kappa shape index (κ3) is 3.70. The maximum atomic E-state index is 11.5. The summed E-state index contributed by atoms with van der Waals surface area (Å²) in [6.45, 7) is 5.63. The Morgan fingerprint density at radius 2 is 2.00 bits per heavy atom. The van der Waals surface area contributed by atoms with Crippen LogP contribution in [0.4, 0.5) is 0 Å². The van der Waals surface area contributed by atoms with Crippen molar-refractivity contribution in [3.8, 4) is 5.75 Å². The average Bonchev–Trinajstić information content (AvgIpc) is 2.37. The Kier molecular flexibility index (Phi) is 5.36. The zero-order valence-corrected chi connectivity index (χ0v) is 11.8. The monoisotopic (exact) mass is 265 g/mol. The molecule has 0 fully saturated rings. The van der Waals surface area contributed by atoms with Gasteiger partial charge in [0.2, 0.25) is 0 Å². The molecule has 0 saturated heterocycles. The number of carbonyl (C=O) groups is 1. The maximum Gasteiger partial charge on any atom is 0.323 e. The summed E-state index contributed by atoms with van der Waals surface area (Å²) in [6.07, 6.45) is 2.05. The first-order valence-corrected chi connectivity index (χ1v) is 6.73. The number of rotatable bonds is 7. The Balaban J connectivity index is 2.98. The summed E-state index contributed by atoms with van der Waals surface area (Å²) in [6, 6.07) is 6.88. The molecular weight excluding hydrogens is 242 g/mol. The zero-order chi connectivity index (χ0) is 14.5. The van der Waals surface area contributed by atoms with Crippen molar-refractivity contribution in [1.29, 1.82) is 0 Å². The van der Waals surface area contributed by atoms with Crippen molar-refractivity contribution >= 4 is 5.97 Å². The van der Waals surface area contributed by atoms with Crippen molar-refractivity contribution < 1.29 is 15.0 Å². The van der Waals surface area contributed by atoms with E-state index in [1.807, 2.05) is 26.0 Å². The van der Waals surface area contributed by atoms with Gasteiger partial charge in [0.15, 0.2) is 0 Å². The number of aliphatic carboxylic acids is 1. The normalized spacial score (nSPS) is 15.7. The maximum absolute atomic E-state index is 11.5. The second-order valence-corrected chi connectivity index (χ2v) is 5.05. The zero-order valence-electron chi connectivity index (χ0n) is 11.8. The molecule has 2 atom stereocenters.